The Hall–Kier alpha value is -3.44. The molecule has 1 aliphatic heterocycles. The van der Waals surface area contributed by atoms with Crippen molar-refractivity contribution in [1.29, 1.82) is 0 Å². The normalized spacial score (nSPS) is 13.9. The van der Waals surface area contributed by atoms with Crippen LogP contribution in [0.4, 0.5) is 15.8 Å². The molecule has 1 heterocycles. The van der Waals surface area contributed by atoms with Gasteiger partial charge in [-0.3, -0.25) is 9.59 Å². The molecule has 0 aromatic heterocycles. The molecule has 0 spiro atoms. The van der Waals surface area contributed by atoms with Crippen molar-refractivity contribution in [3.63, 3.8) is 0 Å². The Morgan fingerprint density at radius 3 is 2.27 bits per heavy atom. The minimum Gasteiger partial charge on any atom is -0.350 e. The van der Waals surface area contributed by atoms with Gasteiger partial charge >= 0.3 is 0 Å². The van der Waals surface area contributed by atoms with E-state index >= 15 is 0 Å². The van der Waals surface area contributed by atoms with E-state index in [1.165, 1.54) is 12.1 Å². The number of para-hydroxylation sites is 1. The Balaban J connectivity index is 1.84. The molecule has 30 heavy (non-hydrogen) atoms. The van der Waals surface area contributed by atoms with Gasteiger partial charge in [0.15, 0.2) is 0 Å². The van der Waals surface area contributed by atoms with E-state index in [0.717, 1.165) is 27.8 Å². The fraction of sp³-hybridized carbons (Fsp3) is 0.0833. The lowest BCUT2D eigenvalue weighted by molar-refractivity contribution is -0.120. The fourth-order valence-electron chi connectivity index (χ4n) is 3.34. The van der Waals surface area contributed by atoms with E-state index in [0.29, 0.717) is 5.56 Å². The van der Waals surface area contributed by atoms with Gasteiger partial charge in [-0.1, -0.05) is 59.6 Å². The summed E-state index contributed by atoms with van der Waals surface area (Å²) in [4.78, 5) is 27.7. The molecule has 4 nitrogen and oxygen atoms in total. The summed E-state index contributed by atoms with van der Waals surface area (Å²) in [5, 5.41) is 2.98. The highest BCUT2D eigenvalue weighted by Crippen LogP contribution is 2.35. The largest absolute Gasteiger partial charge is 0.350 e. The predicted octanol–water partition coefficient (Wildman–Crippen LogP) is 5.49. The van der Waals surface area contributed by atoms with Gasteiger partial charge in [-0.15, -0.1) is 0 Å². The number of halogens is 2. The van der Waals surface area contributed by atoms with Crippen LogP contribution in [0.15, 0.2) is 72.4 Å². The molecular weight excluding hydrogens is 403 g/mol. The molecule has 2 amide bonds. The third kappa shape index (κ3) is 3.48. The van der Waals surface area contributed by atoms with E-state index in [4.69, 9.17) is 11.6 Å². The van der Waals surface area contributed by atoms with E-state index in [2.05, 4.69) is 5.32 Å². The smallest absolute Gasteiger partial charge is 0.282 e. The van der Waals surface area contributed by atoms with Crippen LogP contribution in [-0.4, -0.2) is 11.8 Å². The van der Waals surface area contributed by atoms with Crippen LogP contribution in [0.2, 0.25) is 5.02 Å². The molecule has 0 saturated carbocycles. The molecule has 0 fully saturated rings. The average Bonchev–Trinajstić information content (AvgIpc) is 2.96. The van der Waals surface area contributed by atoms with E-state index in [9.17, 15) is 14.0 Å². The first-order valence-electron chi connectivity index (χ1n) is 9.34. The van der Waals surface area contributed by atoms with Gasteiger partial charge in [0, 0.05) is 5.69 Å². The minimum absolute atomic E-state index is 0.162. The van der Waals surface area contributed by atoms with E-state index in [1.54, 1.807) is 12.1 Å². The highest BCUT2D eigenvalue weighted by atomic mass is 35.5. The third-order valence-electron chi connectivity index (χ3n) is 4.99. The van der Waals surface area contributed by atoms with Gasteiger partial charge in [0.1, 0.15) is 11.5 Å². The van der Waals surface area contributed by atoms with E-state index in [1.807, 2.05) is 50.2 Å². The maximum Gasteiger partial charge on any atom is 0.282 e. The molecule has 0 atom stereocenters. The SMILES string of the molecule is Cc1ccc(C2=C(Nc3ccccc3C)C(=O)N(c3ccc(F)c(Cl)c3)C2=O)cc1. The molecule has 0 saturated heterocycles. The first kappa shape index (κ1) is 19.9. The van der Waals surface area contributed by atoms with Crippen molar-refractivity contribution >= 4 is 40.4 Å². The van der Waals surface area contributed by atoms with Gasteiger partial charge in [0.2, 0.25) is 0 Å². The lowest BCUT2D eigenvalue weighted by Gasteiger charge is -2.16. The van der Waals surface area contributed by atoms with Crippen molar-refractivity contribution in [3.05, 3.63) is 100.0 Å². The molecule has 0 aliphatic carbocycles. The lowest BCUT2D eigenvalue weighted by atomic mass is 10.0. The molecule has 3 aromatic carbocycles. The molecule has 1 N–H and O–H groups in total. The second kappa shape index (κ2) is 7.76. The summed E-state index contributed by atoms with van der Waals surface area (Å²) in [6, 6.07) is 18.6. The second-order valence-corrected chi connectivity index (χ2v) is 7.51. The molecule has 0 unspecified atom stereocenters. The number of carbonyl (C=O) groups excluding carboxylic acids is 2. The van der Waals surface area contributed by atoms with Crippen LogP contribution in [0.1, 0.15) is 16.7 Å². The summed E-state index contributed by atoms with van der Waals surface area (Å²) in [5.74, 6) is -1.64. The predicted molar refractivity (Wildman–Crippen MR) is 117 cm³/mol. The summed E-state index contributed by atoms with van der Waals surface area (Å²) in [7, 11) is 0. The van der Waals surface area contributed by atoms with Crippen LogP contribution in [0, 0.1) is 19.7 Å². The number of hydrogen-bond acceptors (Lipinski definition) is 3. The number of carbonyl (C=O) groups is 2. The van der Waals surface area contributed by atoms with Crippen LogP contribution < -0.4 is 10.2 Å². The molecule has 1 aliphatic rings. The Morgan fingerprint density at radius 2 is 1.60 bits per heavy atom. The number of amides is 2. The maximum atomic E-state index is 13.6. The molecule has 0 bridgehead atoms. The Bertz CT molecular complexity index is 1200. The standard InChI is InChI=1S/C24H18ClFN2O2/c1-14-7-9-16(10-8-14)21-22(27-20-6-4-3-5-15(20)2)24(30)28(23(21)29)17-11-12-19(26)18(25)13-17/h3-13,27H,1-2H3. The molecule has 6 heteroatoms. The summed E-state index contributed by atoms with van der Waals surface area (Å²) >= 11 is 5.89. The number of aryl methyl sites for hydroxylation is 2. The average molecular weight is 421 g/mol. The van der Waals surface area contributed by atoms with Gasteiger partial charge in [-0.2, -0.15) is 0 Å². The summed E-state index contributed by atoms with van der Waals surface area (Å²) in [5.41, 5.74) is 3.93. The monoisotopic (exact) mass is 420 g/mol. The van der Waals surface area contributed by atoms with Crippen LogP contribution in [0.3, 0.4) is 0 Å². The first-order valence-corrected chi connectivity index (χ1v) is 9.72. The zero-order chi connectivity index (χ0) is 21.4. The number of nitrogens with zero attached hydrogens (tertiary/aromatic N) is 1. The lowest BCUT2D eigenvalue weighted by Crippen LogP contribution is -2.32. The van der Waals surface area contributed by atoms with Crippen molar-refractivity contribution < 1.29 is 14.0 Å². The summed E-state index contributed by atoms with van der Waals surface area (Å²) < 4.78 is 13.6. The number of anilines is 2. The molecular formula is C24H18ClFN2O2. The number of nitrogens with one attached hydrogen (secondary N) is 1. The Labute approximate surface area is 178 Å². The second-order valence-electron chi connectivity index (χ2n) is 7.10. The number of imide groups is 1. The number of rotatable bonds is 4. The molecule has 4 rings (SSSR count). The van der Waals surface area contributed by atoms with Crippen LogP contribution in [-0.2, 0) is 9.59 Å². The zero-order valence-corrected chi connectivity index (χ0v) is 17.1. The van der Waals surface area contributed by atoms with Crippen LogP contribution in [0.5, 0.6) is 0 Å². The maximum absolute atomic E-state index is 13.6. The van der Waals surface area contributed by atoms with Gasteiger partial charge in [-0.25, -0.2) is 9.29 Å². The Morgan fingerprint density at radius 1 is 0.900 bits per heavy atom. The van der Waals surface area contributed by atoms with Gasteiger partial charge < -0.3 is 5.32 Å². The van der Waals surface area contributed by atoms with Gasteiger partial charge in [-0.05, 0) is 49.2 Å². The van der Waals surface area contributed by atoms with Gasteiger partial charge in [0.05, 0.1) is 16.3 Å². The molecule has 150 valence electrons. The highest BCUT2D eigenvalue weighted by Gasteiger charge is 2.40. The summed E-state index contributed by atoms with van der Waals surface area (Å²) in [6.07, 6.45) is 0. The highest BCUT2D eigenvalue weighted by molar-refractivity contribution is 6.46. The minimum atomic E-state index is -0.621. The molecule has 0 radical (unpaired) electrons. The summed E-state index contributed by atoms with van der Waals surface area (Å²) in [6.45, 7) is 3.85. The van der Waals surface area contributed by atoms with Crippen LogP contribution in [0.25, 0.3) is 5.57 Å². The van der Waals surface area contributed by atoms with Crippen molar-refractivity contribution in [2.45, 2.75) is 13.8 Å². The fourth-order valence-corrected chi connectivity index (χ4v) is 3.51. The van der Waals surface area contributed by atoms with E-state index < -0.39 is 17.6 Å². The van der Waals surface area contributed by atoms with Crippen molar-refractivity contribution in [2.24, 2.45) is 0 Å². The third-order valence-corrected chi connectivity index (χ3v) is 5.28. The van der Waals surface area contributed by atoms with Crippen LogP contribution >= 0.6 is 11.6 Å². The topological polar surface area (TPSA) is 49.4 Å². The molecule has 3 aromatic rings. The van der Waals surface area contributed by atoms with Crippen molar-refractivity contribution in [2.75, 3.05) is 10.2 Å². The van der Waals surface area contributed by atoms with Crippen molar-refractivity contribution in [3.8, 4) is 0 Å². The Kier molecular flexibility index (Phi) is 5.14. The van der Waals surface area contributed by atoms with Crippen molar-refractivity contribution in [1.82, 2.24) is 0 Å². The van der Waals surface area contributed by atoms with E-state index in [-0.39, 0.29) is 22.0 Å². The number of benzene rings is 3. The number of hydrogen-bond donors (Lipinski definition) is 1. The quantitative estimate of drug-likeness (QED) is 0.567. The zero-order valence-electron chi connectivity index (χ0n) is 16.4. The van der Waals surface area contributed by atoms with Gasteiger partial charge in [0.25, 0.3) is 11.8 Å². The first-order chi connectivity index (χ1) is 14.4.